The van der Waals surface area contributed by atoms with Crippen LogP contribution in [-0.4, -0.2) is 239 Å². The number of rotatable bonds is 13. The van der Waals surface area contributed by atoms with Crippen molar-refractivity contribution >= 4 is 92.7 Å². The number of carbonyl (C=O) groups is 12. The molecule has 4 aromatic carbocycles. The van der Waals surface area contributed by atoms with Gasteiger partial charge in [-0.15, -0.1) is 0 Å². The van der Waals surface area contributed by atoms with E-state index in [0.717, 1.165) is 30.7 Å². The Hall–Kier alpha value is -11.1. The highest BCUT2D eigenvalue weighted by atomic mass is 16.5. The van der Waals surface area contributed by atoms with Gasteiger partial charge in [-0.2, -0.15) is 0 Å². The van der Waals surface area contributed by atoms with Crippen LogP contribution in [0, 0.1) is 5.92 Å². The molecule has 6 N–H and O–H groups in total. The number of benzene rings is 4. The monoisotopic (exact) mass is 1460 g/mol. The Morgan fingerprint density at radius 2 is 0.887 bits per heavy atom. The first-order valence-corrected chi connectivity index (χ1v) is 35.7. The molecule has 0 aliphatic carbocycles. The molecule has 29 heteroatoms. The molecular formula is C77H96N14O15. The Balaban J connectivity index is 1.02. The molecule has 3 saturated heterocycles. The predicted molar refractivity (Wildman–Crippen MR) is 392 cm³/mol. The summed E-state index contributed by atoms with van der Waals surface area (Å²) >= 11 is 0. The summed E-state index contributed by atoms with van der Waals surface area (Å²) in [7, 11) is 5.35. The molecule has 7 atom stereocenters. The van der Waals surface area contributed by atoms with E-state index in [1.807, 2.05) is 60.7 Å². The van der Waals surface area contributed by atoms with E-state index in [1.165, 1.54) is 38.0 Å². The molecule has 5 heterocycles. The molecule has 3 fully saturated rings. The van der Waals surface area contributed by atoms with Crippen LogP contribution in [0.1, 0.15) is 112 Å². The van der Waals surface area contributed by atoms with Gasteiger partial charge in [0.2, 0.25) is 59.1 Å². The van der Waals surface area contributed by atoms with Gasteiger partial charge in [0.05, 0.1) is 48.9 Å². The fourth-order valence-electron chi connectivity index (χ4n) is 13.2. The number of aromatic nitrogens is 2. The summed E-state index contributed by atoms with van der Waals surface area (Å²) in [6.07, 6.45) is 0.968. The standard InChI is InChI=1S/C77H96N14O15/c1-47(2)67-73(100)78-39-55(84-71(98)65-59(104-45-49-25-13-11-14-26-49)37-51-29-17-19-31-53(51)82-65)75(102)90-35-23-21-33-57(90)69(96)81-42-62(93)87(8)44-64(95)89(10)68(48(3)106-77(4,5)6)74(101)79-40-56(76(103)91-36-24-22-34-58(91)70(97)80-41-61(92)86(7)43-63(94)88(67)9)85-72(99)66-60(105-46-50-27-15-12-16-28-50)38-52-30-18-20-32-54(52)83-66/h11-20,25-32,37-38,47-48,55-58,67-68H,21-24,33-36,39-46H2,1-10H3,(H,78,100)(H,79,101)(H,80,97)(H,81,96)(H,84,98)(H,85,99)/t48-,55-,56-,57+,58+,67+,68+/m1/s1. The minimum atomic E-state index is -1.64. The molecule has 0 saturated carbocycles. The highest BCUT2D eigenvalue weighted by molar-refractivity contribution is 6.03. The summed E-state index contributed by atoms with van der Waals surface area (Å²) in [4.78, 5) is 192. The average Bonchev–Trinajstić information content (AvgIpc) is 0.804. The second-order valence-corrected chi connectivity index (χ2v) is 28.2. The molecule has 29 nitrogen and oxygen atoms in total. The predicted octanol–water partition coefficient (Wildman–Crippen LogP) is 3.51. The van der Waals surface area contributed by atoms with Crippen LogP contribution in [0.15, 0.2) is 121 Å². The lowest BCUT2D eigenvalue weighted by Gasteiger charge is -2.38. The summed E-state index contributed by atoms with van der Waals surface area (Å²) in [6.45, 7) is 6.55. The van der Waals surface area contributed by atoms with Crippen molar-refractivity contribution in [2.75, 3.05) is 80.5 Å². The highest BCUT2D eigenvalue weighted by Crippen LogP contribution is 2.29. The maximum Gasteiger partial charge on any atom is 0.274 e. The molecule has 9 rings (SSSR count). The maximum atomic E-state index is 15.4. The molecule has 0 radical (unpaired) electrons. The lowest BCUT2D eigenvalue weighted by molar-refractivity contribution is -0.152. The van der Waals surface area contributed by atoms with Gasteiger partial charge in [0.1, 0.15) is 49.5 Å². The van der Waals surface area contributed by atoms with Crippen LogP contribution >= 0.6 is 0 Å². The second kappa shape index (κ2) is 36.1. The minimum Gasteiger partial charge on any atom is -0.486 e. The lowest BCUT2D eigenvalue weighted by Crippen LogP contribution is -2.62. The van der Waals surface area contributed by atoms with Gasteiger partial charge in [0.25, 0.3) is 11.8 Å². The second-order valence-electron chi connectivity index (χ2n) is 28.2. The molecule has 0 unspecified atom stereocenters. The van der Waals surface area contributed by atoms with Crippen molar-refractivity contribution in [3.8, 4) is 11.5 Å². The van der Waals surface area contributed by atoms with Crippen molar-refractivity contribution in [1.82, 2.24) is 71.3 Å². The van der Waals surface area contributed by atoms with Crippen molar-refractivity contribution in [3.05, 3.63) is 144 Å². The van der Waals surface area contributed by atoms with E-state index in [9.17, 15) is 43.2 Å². The van der Waals surface area contributed by atoms with Gasteiger partial charge in [-0.3, -0.25) is 57.5 Å². The Morgan fingerprint density at radius 1 is 0.500 bits per heavy atom. The maximum absolute atomic E-state index is 15.4. The van der Waals surface area contributed by atoms with Gasteiger partial charge in [-0.1, -0.05) is 111 Å². The van der Waals surface area contributed by atoms with Crippen molar-refractivity contribution in [1.29, 1.82) is 0 Å². The van der Waals surface area contributed by atoms with Gasteiger partial charge in [0, 0.05) is 65.1 Å². The van der Waals surface area contributed by atoms with E-state index in [4.69, 9.17) is 14.2 Å². The van der Waals surface area contributed by atoms with Crippen molar-refractivity contribution < 1.29 is 71.7 Å². The van der Waals surface area contributed by atoms with Crippen LogP contribution < -0.4 is 41.4 Å². The zero-order chi connectivity index (χ0) is 76.5. The number of ether oxygens (including phenoxy) is 3. The molecule has 0 spiro atoms. The van der Waals surface area contributed by atoms with Crippen LogP contribution in [0.25, 0.3) is 21.8 Å². The molecule has 564 valence electrons. The van der Waals surface area contributed by atoms with Gasteiger partial charge >= 0.3 is 0 Å². The third-order valence-corrected chi connectivity index (χ3v) is 18.8. The lowest BCUT2D eigenvalue weighted by atomic mass is 9.99. The first-order valence-electron chi connectivity index (χ1n) is 35.7. The van der Waals surface area contributed by atoms with Gasteiger partial charge in [-0.25, -0.2) is 9.97 Å². The molecule has 3 aliphatic heterocycles. The zero-order valence-corrected chi connectivity index (χ0v) is 61.7. The fraction of sp³-hybridized carbons (Fsp3) is 0.455. The largest absolute Gasteiger partial charge is 0.486 e. The van der Waals surface area contributed by atoms with Crippen LogP contribution in [0.5, 0.6) is 11.5 Å². The van der Waals surface area contributed by atoms with Crippen molar-refractivity contribution in [2.45, 2.75) is 141 Å². The number of para-hydroxylation sites is 2. The number of piperidine rings is 2. The number of hydrogen-bond donors (Lipinski definition) is 6. The van der Waals surface area contributed by atoms with E-state index in [2.05, 4.69) is 41.9 Å². The number of nitrogens with zero attached hydrogens (tertiary/aromatic N) is 8. The van der Waals surface area contributed by atoms with Crippen LogP contribution in [0.2, 0.25) is 0 Å². The third kappa shape index (κ3) is 20.4. The number of nitrogens with one attached hydrogen (secondary N) is 6. The molecule has 2 aromatic heterocycles. The first kappa shape index (κ1) is 79.0. The highest BCUT2D eigenvalue weighted by Gasteiger charge is 2.42. The summed E-state index contributed by atoms with van der Waals surface area (Å²) in [5.74, 6) is -9.78. The zero-order valence-electron chi connectivity index (χ0n) is 61.7. The molecular weight excluding hydrogens is 1360 g/mol. The third-order valence-electron chi connectivity index (χ3n) is 18.8. The summed E-state index contributed by atoms with van der Waals surface area (Å²) in [5.41, 5.74) is 1.12. The number of carbonyl (C=O) groups excluding carboxylic acids is 12. The number of pyridine rings is 2. The Bertz CT molecular complexity index is 4210. The van der Waals surface area contributed by atoms with Gasteiger partial charge < -0.3 is 75.5 Å². The molecule has 0 bridgehead atoms. The number of likely N-dealkylation sites (N-methyl/N-ethyl adjacent to an activating group) is 4. The topological polar surface area (TPSA) is 350 Å². The SMILES string of the molecule is CC(C)[C@H]1C(=O)NC[C@@H](NC(=O)c2nc3ccccc3cc2OCc2ccccc2)C(=O)N2CCCC[C@H]2C(=O)NCC(=O)N(C)CC(=O)N(C)[C@@H]([C@@H](C)OC(C)(C)C)C(=O)NC[C@@H](NC(=O)c2nc3ccccc3cc2OCc2ccccc2)C(=O)N2CCCC[C@H]2C(=O)NCC(=O)N(C)CC(=O)N1C. The summed E-state index contributed by atoms with van der Waals surface area (Å²) < 4.78 is 18.8. The first-order chi connectivity index (χ1) is 50.6. The van der Waals surface area contributed by atoms with Crippen LogP contribution in [0.3, 0.4) is 0 Å². The van der Waals surface area contributed by atoms with Crippen LogP contribution in [0.4, 0.5) is 0 Å². The summed E-state index contributed by atoms with van der Waals surface area (Å²) in [6, 6.07) is 27.4. The Morgan fingerprint density at radius 3 is 1.29 bits per heavy atom. The van der Waals surface area contributed by atoms with Gasteiger partial charge in [0.15, 0.2) is 22.9 Å². The molecule has 12 amide bonds. The summed E-state index contributed by atoms with van der Waals surface area (Å²) in [5, 5.41) is 17.6. The quantitative estimate of drug-likeness (QED) is 0.0963. The molecule has 6 aromatic rings. The van der Waals surface area contributed by atoms with E-state index in [-0.39, 0.29) is 62.0 Å². The molecule has 3 aliphatic rings. The normalized spacial score (nSPS) is 21.4. The van der Waals surface area contributed by atoms with Crippen molar-refractivity contribution in [2.24, 2.45) is 5.92 Å². The van der Waals surface area contributed by atoms with E-state index in [0.29, 0.717) is 47.5 Å². The number of hydrogen-bond acceptors (Lipinski definition) is 17. The minimum absolute atomic E-state index is 0.00168. The van der Waals surface area contributed by atoms with E-state index in [1.54, 1.807) is 102 Å². The van der Waals surface area contributed by atoms with E-state index >= 15 is 14.4 Å². The van der Waals surface area contributed by atoms with Gasteiger partial charge in [-0.05, 0) is 108 Å². The fourth-order valence-corrected chi connectivity index (χ4v) is 13.2. The number of amides is 12. The molecule has 106 heavy (non-hydrogen) atoms. The number of fused-ring (bicyclic) bond motifs is 4. The smallest absolute Gasteiger partial charge is 0.274 e. The Labute approximate surface area is 616 Å². The van der Waals surface area contributed by atoms with E-state index < -0.39 is 164 Å². The average molecular weight is 1460 g/mol. The Kier molecular flexibility index (Phi) is 26.9. The van der Waals surface area contributed by atoms with Crippen LogP contribution in [-0.2, 0) is 65.9 Å². The van der Waals surface area contributed by atoms with Crippen molar-refractivity contribution in [3.63, 3.8) is 0 Å².